The number of nitrogens with one attached hydrogen (secondary N) is 1. The van der Waals surface area contributed by atoms with Crippen LogP contribution < -0.4 is 5.32 Å². The summed E-state index contributed by atoms with van der Waals surface area (Å²) in [5.74, 6) is 0.573. The van der Waals surface area contributed by atoms with E-state index in [0.29, 0.717) is 17.4 Å². The van der Waals surface area contributed by atoms with Crippen LogP contribution in [0.25, 0.3) is 0 Å². The van der Waals surface area contributed by atoms with Gasteiger partial charge in [0.05, 0.1) is 0 Å². The van der Waals surface area contributed by atoms with Crippen LogP contribution in [0.5, 0.6) is 0 Å². The molecule has 17 heavy (non-hydrogen) atoms. The molecule has 0 aliphatic rings. The molecular formula is C16H27N. The summed E-state index contributed by atoms with van der Waals surface area (Å²) in [6, 6.07) is 11.4. The monoisotopic (exact) mass is 233 g/mol. The molecule has 1 aromatic carbocycles. The van der Waals surface area contributed by atoms with Gasteiger partial charge < -0.3 is 5.32 Å². The van der Waals surface area contributed by atoms with E-state index in [9.17, 15) is 0 Å². The number of hydrogen-bond acceptors (Lipinski definition) is 1. The summed E-state index contributed by atoms with van der Waals surface area (Å²) in [6.07, 6.45) is 2.49. The summed E-state index contributed by atoms with van der Waals surface area (Å²) in [5.41, 5.74) is 1.85. The Morgan fingerprint density at radius 2 is 1.71 bits per heavy atom. The van der Waals surface area contributed by atoms with Crippen molar-refractivity contribution in [2.75, 3.05) is 7.05 Å². The van der Waals surface area contributed by atoms with Gasteiger partial charge in [-0.2, -0.15) is 0 Å². The van der Waals surface area contributed by atoms with Crippen LogP contribution in [0.2, 0.25) is 0 Å². The van der Waals surface area contributed by atoms with Gasteiger partial charge in [-0.15, -0.1) is 0 Å². The van der Waals surface area contributed by atoms with Crippen molar-refractivity contribution in [3.8, 4) is 0 Å². The van der Waals surface area contributed by atoms with Gasteiger partial charge in [0.1, 0.15) is 0 Å². The summed E-state index contributed by atoms with van der Waals surface area (Å²) in [4.78, 5) is 0. The Kier molecular flexibility index (Phi) is 5.20. The first kappa shape index (κ1) is 14.2. The summed E-state index contributed by atoms with van der Waals surface area (Å²) in [6.45, 7) is 9.26. The van der Waals surface area contributed by atoms with Crippen molar-refractivity contribution in [2.24, 2.45) is 5.41 Å². The van der Waals surface area contributed by atoms with Gasteiger partial charge in [-0.3, -0.25) is 0 Å². The topological polar surface area (TPSA) is 12.0 Å². The number of benzene rings is 1. The van der Waals surface area contributed by atoms with E-state index >= 15 is 0 Å². The third-order valence-electron chi connectivity index (χ3n) is 3.51. The first-order chi connectivity index (χ1) is 7.94. The standard InChI is InChI=1S/C16H27N/c1-13(14-9-7-6-8-10-14)15(17-5)11-12-16(2,3)4/h6-10,13,15,17H,11-12H2,1-5H3. The van der Waals surface area contributed by atoms with E-state index in [1.54, 1.807) is 0 Å². The molecule has 0 fully saturated rings. The predicted molar refractivity (Wildman–Crippen MR) is 76.4 cm³/mol. The van der Waals surface area contributed by atoms with Gasteiger partial charge >= 0.3 is 0 Å². The Balaban J connectivity index is 2.62. The van der Waals surface area contributed by atoms with Crippen molar-refractivity contribution in [3.05, 3.63) is 35.9 Å². The van der Waals surface area contributed by atoms with Crippen molar-refractivity contribution in [2.45, 2.75) is 52.5 Å². The Bertz CT molecular complexity index is 310. The molecule has 0 bridgehead atoms. The largest absolute Gasteiger partial charge is 0.316 e. The van der Waals surface area contributed by atoms with Crippen molar-refractivity contribution in [1.29, 1.82) is 0 Å². The normalized spacial score (nSPS) is 15.6. The zero-order valence-corrected chi connectivity index (χ0v) is 12.0. The molecule has 1 rings (SSSR count). The Hall–Kier alpha value is -0.820. The van der Waals surface area contributed by atoms with Gasteiger partial charge in [0.2, 0.25) is 0 Å². The van der Waals surface area contributed by atoms with E-state index in [0.717, 1.165) is 0 Å². The predicted octanol–water partition coefficient (Wildman–Crippen LogP) is 4.20. The quantitative estimate of drug-likeness (QED) is 0.803. The smallest absolute Gasteiger partial charge is 0.0130 e. The molecule has 1 aromatic rings. The lowest BCUT2D eigenvalue weighted by Gasteiger charge is -2.27. The van der Waals surface area contributed by atoms with Gasteiger partial charge in [0.25, 0.3) is 0 Å². The first-order valence-electron chi connectivity index (χ1n) is 6.66. The molecule has 1 nitrogen and oxygen atoms in total. The van der Waals surface area contributed by atoms with E-state index in [1.165, 1.54) is 18.4 Å². The van der Waals surface area contributed by atoms with Gasteiger partial charge in [-0.05, 0) is 36.8 Å². The number of hydrogen-bond donors (Lipinski definition) is 1. The van der Waals surface area contributed by atoms with Crippen molar-refractivity contribution in [3.63, 3.8) is 0 Å². The minimum absolute atomic E-state index is 0.422. The van der Waals surface area contributed by atoms with Crippen LogP contribution in [0.3, 0.4) is 0 Å². The summed E-state index contributed by atoms with van der Waals surface area (Å²) in [7, 11) is 2.08. The molecule has 0 heterocycles. The van der Waals surface area contributed by atoms with Gasteiger partial charge in [-0.25, -0.2) is 0 Å². The molecule has 96 valence electrons. The van der Waals surface area contributed by atoms with Crippen LogP contribution in [0.15, 0.2) is 30.3 Å². The maximum atomic E-state index is 3.47. The molecule has 0 amide bonds. The van der Waals surface area contributed by atoms with E-state index in [-0.39, 0.29) is 0 Å². The van der Waals surface area contributed by atoms with E-state index in [1.807, 2.05) is 0 Å². The number of likely N-dealkylation sites (N-methyl/N-ethyl adjacent to an activating group) is 1. The lowest BCUT2D eigenvalue weighted by Crippen LogP contribution is -2.31. The molecule has 0 saturated carbocycles. The molecule has 0 saturated heterocycles. The lowest BCUT2D eigenvalue weighted by molar-refractivity contribution is 0.321. The summed E-state index contributed by atoms with van der Waals surface area (Å²) in [5, 5.41) is 3.47. The lowest BCUT2D eigenvalue weighted by atomic mass is 9.84. The fourth-order valence-corrected chi connectivity index (χ4v) is 2.22. The summed E-state index contributed by atoms with van der Waals surface area (Å²) < 4.78 is 0. The van der Waals surface area contributed by atoms with Crippen LogP contribution in [-0.4, -0.2) is 13.1 Å². The van der Waals surface area contributed by atoms with Crippen molar-refractivity contribution < 1.29 is 0 Å². The molecule has 0 aliphatic heterocycles. The SMILES string of the molecule is CNC(CCC(C)(C)C)C(C)c1ccccc1. The van der Waals surface area contributed by atoms with Gasteiger partial charge in [0.15, 0.2) is 0 Å². The van der Waals surface area contributed by atoms with Crippen LogP contribution >= 0.6 is 0 Å². The molecule has 1 heteroatoms. The van der Waals surface area contributed by atoms with Crippen molar-refractivity contribution >= 4 is 0 Å². The highest BCUT2D eigenvalue weighted by atomic mass is 14.9. The minimum Gasteiger partial charge on any atom is -0.316 e. The summed E-state index contributed by atoms with van der Waals surface area (Å²) >= 11 is 0. The highest BCUT2D eigenvalue weighted by Gasteiger charge is 2.20. The molecule has 0 aromatic heterocycles. The molecule has 2 atom stereocenters. The van der Waals surface area contributed by atoms with Crippen LogP contribution in [0.1, 0.15) is 52.0 Å². The van der Waals surface area contributed by atoms with E-state index in [4.69, 9.17) is 0 Å². The fraction of sp³-hybridized carbons (Fsp3) is 0.625. The second kappa shape index (κ2) is 6.20. The average molecular weight is 233 g/mol. The maximum absolute atomic E-state index is 3.47. The Morgan fingerprint density at radius 3 is 2.18 bits per heavy atom. The Labute approximate surface area is 107 Å². The minimum atomic E-state index is 0.422. The second-order valence-corrected chi connectivity index (χ2v) is 6.19. The Morgan fingerprint density at radius 1 is 1.12 bits per heavy atom. The highest BCUT2D eigenvalue weighted by molar-refractivity contribution is 5.20. The third kappa shape index (κ3) is 4.91. The molecule has 1 N–H and O–H groups in total. The van der Waals surface area contributed by atoms with Gasteiger partial charge in [-0.1, -0.05) is 58.0 Å². The zero-order chi connectivity index (χ0) is 12.9. The van der Waals surface area contributed by atoms with Crippen LogP contribution in [0.4, 0.5) is 0 Å². The number of rotatable bonds is 5. The molecule has 0 aliphatic carbocycles. The average Bonchev–Trinajstić information content (AvgIpc) is 2.29. The fourth-order valence-electron chi connectivity index (χ4n) is 2.22. The van der Waals surface area contributed by atoms with E-state index < -0.39 is 0 Å². The van der Waals surface area contributed by atoms with Gasteiger partial charge in [0, 0.05) is 6.04 Å². The van der Waals surface area contributed by atoms with Crippen molar-refractivity contribution in [1.82, 2.24) is 5.32 Å². The maximum Gasteiger partial charge on any atom is 0.0130 e. The van der Waals surface area contributed by atoms with Crippen LogP contribution in [0, 0.1) is 5.41 Å². The molecule has 2 unspecified atom stereocenters. The zero-order valence-electron chi connectivity index (χ0n) is 12.0. The van der Waals surface area contributed by atoms with E-state index in [2.05, 4.69) is 70.4 Å². The highest BCUT2D eigenvalue weighted by Crippen LogP contribution is 2.27. The second-order valence-electron chi connectivity index (χ2n) is 6.19. The molecule has 0 radical (unpaired) electrons. The third-order valence-corrected chi connectivity index (χ3v) is 3.51. The van der Waals surface area contributed by atoms with Crippen LogP contribution in [-0.2, 0) is 0 Å². The molecule has 0 spiro atoms. The first-order valence-corrected chi connectivity index (χ1v) is 6.66. The molecular weight excluding hydrogens is 206 g/mol.